The summed E-state index contributed by atoms with van der Waals surface area (Å²) in [5, 5.41) is 0. The Balaban J connectivity index is 2.35. The highest BCUT2D eigenvalue weighted by atomic mass is 35.5. The second-order valence-electron chi connectivity index (χ2n) is 4.17. The van der Waals surface area contributed by atoms with Crippen LogP contribution in [0.25, 0.3) is 0 Å². The lowest BCUT2D eigenvalue weighted by molar-refractivity contribution is -0.144. The first-order valence-corrected chi connectivity index (χ1v) is 7.26. The zero-order valence-electron chi connectivity index (χ0n) is 11.9. The van der Waals surface area contributed by atoms with Crippen molar-refractivity contribution in [2.75, 3.05) is 25.7 Å². The Morgan fingerprint density at radius 2 is 1.95 bits per heavy atom. The van der Waals surface area contributed by atoms with Crippen LogP contribution in [0, 0.1) is 0 Å². The number of halogens is 1. The Morgan fingerprint density at radius 1 is 1.25 bits per heavy atom. The molecule has 1 rings (SSSR count). The lowest BCUT2D eigenvalue weighted by atomic mass is 10.1. The maximum Gasteiger partial charge on any atom is 0.308 e. The van der Waals surface area contributed by atoms with Crippen molar-refractivity contribution in [1.29, 1.82) is 0 Å². The Bertz CT molecular complexity index is 391. The van der Waals surface area contributed by atoms with Gasteiger partial charge < -0.3 is 14.2 Å². The molecule has 0 heterocycles. The van der Waals surface area contributed by atoms with E-state index in [0.717, 1.165) is 11.3 Å². The van der Waals surface area contributed by atoms with Crippen LogP contribution in [0.3, 0.4) is 0 Å². The molecule has 0 aliphatic carbocycles. The maximum atomic E-state index is 11.2. The van der Waals surface area contributed by atoms with Gasteiger partial charge >= 0.3 is 5.97 Å². The number of alkyl halides is 1. The van der Waals surface area contributed by atoms with Gasteiger partial charge in [-0.1, -0.05) is 12.1 Å². The minimum Gasteiger partial charge on any atom is -0.492 e. The van der Waals surface area contributed by atoms with Gasteiger partial charge in [-0.2, -0.15) is 0 Å². The zero-order chi connectivity index (χ0) is 14.8. The summed E-state index contributed by atoms with van der Waals surface area (Å²) in [7, 11) is 0. The van der Waals surface area contributed by atoms with E-state index in [4.69, 9.17) is 25.8 Å². The molecule has 20 heavy (non-hydrogen) atoms. The molecular weight excluding hydrogens is 280 g/mol. The Kier molecular flexibility index (Phi) is 8.07. The van der Waals surface area contributed by atoms with Crippen molar-refractivity contribution in [3.8, 4) is 5.75 Å². The number of carbonyl (C=O) groups excluding carboxylic acids is 1. The van der Waals surface area contributed by atoms with Crippen LogP contribution in [0.5, 0.6) is 5.75 Å². The van der Waals surface area contributed by atoms with Gasteiger partial charge in [-0.15, -0.1) is 11.6 Å². The van der Waals surface area contributed by atoms with Crippen molar-refractivity contribution in [2.24, 2.45) is 0 Å². The number of esters is 1. The van der Waals surface area contributed by atoms with Crippen LogP contribution < -0.4 is 4.74 Å². The maximum absolute atomic E-state index is 11.2. The molecule has 1 aromatic carbocycles. The molecule has 1 atom stereocenters. The fourth-order valence-corrected chi connectivity index (χ4v) is 1.72. The monoisotopic (exact) mass is 300 g/mol. The Hall–Kier alpha value is -1.26. The third-order valence-corrected chi connectivity index (χ3v) is 2.83. The summed E-state index contributed by atoms with van der Waals surface area (Å²) in [4.78, 5) is 11.2. The summed E-state index contributed by atoms with van der Waals surface area (Å²) in [6, 6.07) is 7.65. The standard InChI is InChI=1S/C15H21ClO4/c1-3-18-15(17)8-10-19-12(2)13-4-6-14(7-5-13)20-11-9-16/h4-7,12H,3,8-11H2,1-2H3. The van der Waals surface area contributed by atoms with Crippen LogP contribution in [0.4, 0.5) is 0 Å². The highest BCUT2D eigenvalue weighted by Gasteiger charge is 2.08. The SMILES string of the molecule is CCOC(=O)CCOC(C)c1ccc(OCCCl)cc1. The normalized spacial score (nSPS) is 11.9. The third kappa shape index (κ3) is 6.26. The summed E-state index contributed by atoms with van der Waals surface area (Å²) < 4.78 is 15.8. The van der Waals surface area contributed by atoms with Gasteiger partial charge in [0, 0.05) is 0 Å². The molecule has 1 unspecified atom stereocenters. The van der Waals surface area contributed by atoms with E-state index >= 15 is 0 Å². The highest BCUT2D eigenvalue weighted by molar-refractivity contribution is 6.18. The summed E-state index contributed by atoms with van der Waals surface area (Å²) in [6.07, 6.45) is 0.196. The van der Waals surface area contributed by atoms with Crippen molar-refractivity contribution < 1.29 is 19.0 Å². The second kappa shape index (κ2) is 9.61. The summed E-state index contributed by atoms with van der Waals surface area (Å²) in [5.74, 6) is 1.02. The molecule has 1 aromatic rings. The molecule has 0 aliphatic rings. The van der Waals surface area contributed by atoms with E-state index in [0.29, 0.717) is 25.7 Å². The van der Waals surface area contributed by atoms with Gasteiger partial charge in [-0.05, 0) is 31.5 Å². The third-order valence-electron chi connectivity index (χ3n) is 2.67. The first-order chi connectivity index (χ1) is 9.67. The molecular formula is C15H21ClO4. The smallest absolute Gasteiger partial charge is 0.308 e. The number of rotatable bonds is 9. The fourth-order valence-electron chi connectivity index (χ4n) is 1.64. The average molecular weight is 301 g/mol. The zero-order valence-corrected chi connectivity index (χ0v) is 12.7. The number of hydrogen-bond donors (Lipinski definition) is 0. The van der Waals surface area contributed by atoms with Crippen LogP contribution in [0.15, 0.2) is 24.3 Å². The first-order valence-electron chi connectivity index (χ1n) is 6.73. The van der Waals surface area contributed by atoms with Crippen molar-refractivity contribution in [2.45, 2.75) is 26.4 Å². The molecule has 0 aliphatic heterocycles. The lowest BCUT2D eigenvalue weighted by Gasteiger charge is -2.14. The van der Waals surface area contributed by atoms with E-state index in [9.17, 15) is 4.79 Å². The molecule has 0 fully saturated rings. The second-order valence-corrected chi connectivity index (χ2v) is 4.55. The predicted molar refractivity (Wildman–Crippen MR) is 78.3 cm³/mol. The largest absolute Gasteiger partial charge is 0.492 e. The van der Waals surface area contributed by atoms with Crippen molar-refractivity contribution in [3.63, 3.8) is 0 Å². The van der Waals surface area contributed by atoms with Gasteiger partial charge in [0.2, 0.25) is 0 Å². The van der Waals surface area contributed by atoms with E-state index in [1.807, 2.05) is 31.2 Å². The molecule has 0 bridgehead atoms. The van der Waals surface area contributed by atoms with Gasteiger partial charge in [0.1, 0.15) is 12.4 Å². The van der Waals surface area contributed by atoms with Crippen LogP contribution >= 0.6 is 11.6 Å². The molecule has 4 nitrogen and oxygen atoms in total. The van der Waals surface area contributed by atoms with Crippen molar-refractivity contribution in [3.05, 3.63) is 29.8 Å². The van der Waals surface area contributed by atoms with Crippen LogP contribution in [0.1, 0.15) is 31.9 Å². The average Bonchev–Trinajstić information content (AvgIpc) is 2.46. The summed E-state index contributed by atoms with van der Waals surface area (Å²) in [5.41, 5.74) is 1.03. The number of hydrogen-bond acceptors (Lipinski definition) is 4. The van der Waals surface area contributed by atoms with Gasteiger partial charge in [0.25, 0.3) is 0 Å². The number of ether oxygens (including phenoxy) is 3. The van der Waals surface area contributed by atoms with Crippen molar-refractivity contribution in [1.82, 2.24) is 0 Å². The van der Waals surface area contributed by atoms with E-state index in [1.165, 1.54) is 0 Å². The van der Waals surface area contributed by atoms with E-state index in [1.54, 1.807) is 6.92 Å². The van der Waals surface area contributed by atoms with Crippen LogP contribution in [0.2, 0.25) is 0 Å². The van der Waals surface area contributed by atoms with Gasteiger partial charge in [-0.25, -0.2) is 0 Å². The van der Waals surface area contributed by atoms with Crippen molar-refractivity contribution >= 4 is 17.6 Å². The molecule has 5 heteroatoms. The van der Waals surface area contributed by atoms with Gasteiger partial charge in [-0.3, -0.25) is 4.79 Å². The lowest BCUT2D eigenvalue weighted by Crippen LogP contribution is -2.09. The summed E-state index contributed by atoms with van der Waals surface area (Å²) >= 11 is 5.56. The highest BCUT2D eigenvalue weighted by Crippen LogP contribution is 2.20. The minimum atomic E-state index is -0.232. The molecule has 0 N–H and O–H groups in total. The molecule has 112 valence electrons. The van der Waals surface area contributed by atoms with Crippen LogP contribution in [-0.2, 0) is 14.3 Å². The molecule has 0 saturated carbocycles. The topological polar surface area (TPSA) is 44.8 Å². The molecule has 0 aromatic heterocycles. The first kappa shape index (κ1) is 16.8. The minimum absolute atomic E-state index is 0.0773. The number of benzene rings is 1. The number of carbonyl (C=O) groups is 1. The molecule has 0 amide bonds. The Labute approximate surface area is 125 Å². The van der Waals surface area contributed by atoms with Gasteiger partial charge in [0.05, 0.1) is 31.6 Å². The van der Waals surface area contributed by atoms with E-state index < -0.39 is 0 Å². The molecule has 0 saturated heterocycles. The fraction of sp³-hybridized carbons (Fsp3) is 0.533. The van der Waals surface area contributed by atoms with E-state index in [2.05, 4.69) is 0 Å². The molecule has 0 radical (unpaired) electrons. The quantitative estimate of drug-likeness (QED) is 0.518. The molecule has 0 spiro atoms. The van der Waals surface area contributed by atoms with Gasteiger partial charge in [0.15, 0.2) is 0 Å². The Morgan fingerprint density at radius 3 is 2.55 bits per heavy atom. The summed E-state index contributed by atoms with van der Waals surface area (Å²) in [6.45, 7) is 4.98. The van der Waals surface area contributed by atoms with Crippen LogP contribution in [-0.4, -0.2) is 31.7 Å². The van der Waals surface area contributed by atoms with E-state index in [-0.39, 0.29) is 18.5 Å². The predicted octanol–water partition coefficient (Wildman–Crippen LogP) is 3.34.